The number of hydrogen-bond acceptors (Lipinski definition) is 6. The lowest BCUT2D eigenvalue weighted by Crippen LogP contribution is -2.58. The SMILES string of the molecule is C[C@@H]1C(N=C(Nc2ccc3c(=O)n(CCc4ccc(Br)cc4)c(-c4cnccn4)nc3c2)N2CCN[C@@H](C(F)F)C2)C[C@@H]2C[C@H]1C2(C)C. The molecule has 4 aliphatic rings. The van der Waals surface area contributed by atoms with Crippen LogP contribution in [0.5, 0.6) is 0 Å². The van der Waals surface area contributed by atoms with Crippen LogP contribution in [-0.2, 0) is 13.0 Å². The van der Waals surface area contributed by atoms with Gasteiger partial charge >= 0.3 is 0 Å². The van der Waals surface area contributed by atoms with Crippen LogP contribution >= 0.6 is 15.9 Å². The molecule has 252 valence electrons. The Kier molecular flexibility index (Phi) is 9.06. The van der Waals surface area contributed by atoms with E-state index in [1.807, 2.05) is 41.3 Å². The Bertz CT molecular complexity index is 1870. The Morgan fingerprint density at radius 3 is 2.69 bits per heavy atom. The molecule has 2 aromatic carbocycles. The molecule has 2 aromatic heterocycles. The number of nitrogens with one attached hydrogen (secondary N) is 2. The summed E-state index contributed by atoms with van der Waals surface area (Å²) in [5.74, 6) is 2.62. The molecule has 4 aromatic rings. The van der Waals surface area contributed by atoms with Crippen LogP contribution < -0.4 is 16.2 Å². The van der Waals surface area contributed by atoms with E-state index < -0.39 is 12.5 Å². The third kappa shape index (κ3) is 6.36. The van der Waals surface area contributed by atoms with E-state index in [9.17, 15) is 13.6 Å². The number of hydrogen-bond donors (Lipinski definition) is 2. The zero-order valence-electron chi connectivity index (χ0n) is 27.4. The first kappa shape index (κ1) is 32.8. The predicted molar refractivity (Wildman–Crippen MR) is 188 cm³/mol. The maximum absolute atomic E-state index is 14.0. The molecule has 4 fully saturated rings. The Balaban J connectivity index is 1.23. The summed E-state index contributed by atoms with van der Waals surface area (Å²) in [6.45, 7) is 8.56. The van der Waals surface area contributed by atoms with Gasteiger partial charge in [0.1, 0.15) is 5.69 Å². The lowest BCUT2D eigenvalue weighted by atomic mass is 9.45. The van der Waals surface area contributed by atoms with Gasteiger partial charge in [-0.25, -0.2) is 23.7 Å². The zero-order chi connectivity index (χ0) is 33.6. The van der Waals surface area contributed by atoms with Gasteiger partial charge in [0.15, 0.2) is 11.8 Å². The second kappa shape index (κ2) is 13.3. The quantitative estimate of drug-likeness (QED) is 0.173. The molecule has 3 saturated carbocycles. The summed E-state index contributed by atoms with van der Waals surface area (Å²) in [4.78, 5) is 34.9. The summed E-state index contributed by atoms with van der Waals surface area (Å²) in [6, 6.07) is 12.7. The summed E-state index contributed by atoms with van der Waals surface area (Å²) in [5, 5.41) is 6.91. The highest BCUT2D eigenvalue weighted by molar-refractivity contribution is 9.10. The van der Waals surface area contributed by atoms with Crippen LogP contribution in [0.25, 0.3) is 22.4 Å². The third-order valence-electron chi connectivity index (χ3n) is 11.0. The summed E-state index contributed by atoms with van der Waals surface area (Å²) >= 11 is 3.48. The number of fused-ring (bicyclic) bond motifs is 3. The standard InChI is InChI=1S/C36H41BrF2N8O/c1-21-27-16-23(36(27,2)3)17-28(21)45-35(46-15-13-42-31(20-46)32(38)39)43-25-8-9-26-29(18-25)44-33(30-19-40-11-12-41-30)47(34(26)48)14-10-22-4-6-24(37)7-5-22/h4-9,11-12,18-19,21,23,27-28,31-32,42H,10,13-17,20H2,1-3H3,(H,43,45)/t21-,23-,27+,28?,31+/m0/s1. The molecule has 1 aliphatic heterocycles. The summed E-state index contributed by atoms with van der Waals surface area (Å²) in [5.41, 5.74) is 2.93. The summed E-state index contributed by atoms with van der Waals surface area (Å²) in [6.07, 6.45) is 5.16. The zero-order valence-corrected chi connectivity index (χ0v) is 29.0. The van der Waals surface area contributed by atoms with Crippen LogP contribution in [0, 0.1) is 23.2 Å². The molecule has 0 amide bonds. The van der Waals surface area contributed by atoms with Crippen molar-refractivity contribution in [2.24, 2.45) is 28.2 Å². The topological polar surface area (TPSA) is 100 Å². The van der Waals surface area contributed by atoms with Crippen molar-refractivity contribution in [2.45, 2.75) is 65.1 Å². The monoisotopic (exact) mass is 718 g/mol. The van der Waals surface area contributed by atoms with E-state index >= 15 is 0 Å². The maximum atomic E-state index is 14.0. The van der Waals surface area contributed by atoms with Gasteiger partial charge in [-0.2, -0.15) is 0 Å². The van der Waals surface area contributed by atoms with Gasteiger partial charge in [0.05, 0.1) is 29.2 Å². The first-order chi connectivity index (χ1) is 23.1. The van der Waals surface area contributed by atoms with Gasteiger partial charge in [-0.15, -0.1) is 0 Å². The highest BCUT2D eigenvalue weighted by atomic mass is 79.9. The van der Waals surface area contributed by atoms with Gasteiger partial charge in [-0.3, -0.25) is 14.3 Å². The van der Waals surface area contributed by atoms with Crippen molar-refractivity contribution in [3.05, 3.63) is 81.4 Å². The number of alkyl halides is 2. The first-order valence-corrected chi connectivity index (χ1v) is 17.5. The van der Waals surface area contributed by atoms with Crippen molar-refractivity contribution in [3.63, 3.8) is 0 Å². The van der Waals surface area contributed by atoms with Crippen molar-refractivity contribution < 1.29 is 8.78 Å². The van der Waals surface area contributed by atoms with Gasteiger partial charge in [0, 0.05) is 48.7 Å². The van der Waals surface area contributed by atoms with Crippen LogP contribution in [0.4, 0.5) is 14.5 Å². The third-order valence-corrected chi connectivity index (χ3v) is 11.5. The average Bonchev–Trinajstić information content (AvgIpc) is 3.09. The average molecular weight is 720 g/mol. The Morgan fingerprint density at radius 2 is 1.98 bits per heavy atom. The smallest absolute Gasteiger partial charge is 0.261 e. The van der Waals surface area contributed by atoms with E-state index in [-0.39, 0.29) is 18.1 Å². The van der Waals surface area contributed by atoms with E-state index in [1.54, 1.807) is 29.2 Å². The van der Waals surface area contributed by atoms with Crippen molar-refractivity contribution in [3.8, 4) is 11.5 Å². The number of aryl methyl sites for hydroxylation is 1. The van der Waals surface area contributed by atoms with Gasteiger partial charge < -0.3 is 15.5 Å². The highest BCUT2D eigenvalue weighted by Gasteiger charge is 2.56. The summed E-state index contributed by atoms with van der Waals surface area (Å²) < 4.78 is 30.3. The molecule has 1 saturated heterocycles. The molecule has 9 nitrogen and oxygen atoms in total. The Hall–Kier alpha value is -3.77. The van der Waals surface area contributed by atoms with Crippen LogP contribution in [0.15, 0.2) is 75.3 Å². The number of anilines is 1. The maximum Gasteiger partial charge on any atom is 0.261 e. The number of halogens is 3. The highest BCUT2D eigenvalue weighted by Crippen LogP contribution is 2.61. The molecule has 48 heavy (non-hydrogen) atoms. The number of aliphatic imine (C=N–C) groups is 1. The number of benzene rings is 2. The lowest BCUT2D eigenvalue weighted by Gasteiger charge is -2.61. The fourth-order valence-corrected chi connectivity index (χ4v) is 8.18. The van der Waals surface area contributed by atoms with Gasteiger partial charge in [-0.05, 0) is 78.3 Å². The molecule has 1 unspecified atom stereocenters. The van der Waals surface area contributed by atoms with Crippen LogP contribution in [0.3, 0.4) is 0 Å². The predicted octanol–water partition coefficient (Wildman–Crippen LogP) is 6.24. The molecule has 0 radical (unpaired) electrons. The van der Waals surface area contributed by atoms with Crippen LogP contribution in [0.1, 0.15) is 39.2 Å². The summed E-state index contributed by atoms with van der Waals surface area (Å²) in [7, 11) is 0. The van der Waals surface area contributed by atoms with E-state index in [4.69, 9.17) is 9.98 Å². The Labute approximate surface area is 287 Å². The number of piperazine rings is 1. The van der Waals surface area contributed by atoms with Crippen LogP contribution in [-0.4, -0.2) is 68.5 Å². The molecule has 8 rings (SSSR count). The molecule has 5 atom stereocenters. The normalized spacial score (nSPS) is 25.3. The molecule has 12 heteroatoms. The second-order valence-electron chi connectivity index (χ2n) is 14.0. The number of nitrogens with zero attached hydrogens (tertiary/aromatic N) is 6. The minimum Gasteiger partial charge on any atom is -0.340 e. The fourth-order valence-electron chi connectivity index (χ4n) is 7.92. The second-order valence-corrected chi connectivity index (χ2v) is 14.9. The van der Waals surface area contributed by atoms with Crippen LogP contribution in [0.2, 0.25) is 0 Å². The molecular formula is C36H41BrF2N8O. The molecule has 2 N–H and O–H groups in total. The minimum absolute atomic E-state index is 0.101. The minimum atomic E-state index is -2.48. The van der Waals surface area contributed by atoms with Gasteiger partial charge in [0.2, 0.25) is 0 Å². The molecule has 2 bridgehead atoms. The van der Waals surface area contributed by atoms with Crippen molar-refractivity contribution >= 4 is 38.5 Å². The van der Waals surface area contributed by atoms with E-state index in [1.165, 1.54) is 6.42 Å². The molecule has 3 heterocycles. The molecule has 0 spiro atoms. The number of aromatic nitrogens is 4. The molecular weight excluding hydrogens is 678 g/mol. The van der Waals surface area contributed by atoms with Crippen molar-refractivity contribution in [2.75, 3.05) is 25.0 Å². The Morgan fingerprint density at radius 1 is 1.17 bits per heavy atom. The van der Waals surface area contributed by atoms with E-state index in [0.717, 1.165) is 16.5 Å². The van der Waals surface area contributed by atoms with E-state index in [2.05, 4.69) is 57.3 Å². The molecule has 3 aliphatic carbocycles. The first-order valence-electron chi connectivity index (χ1n) is 16.7. The number of guanidine groups is 1. The largest absolute Gasteiger partial charge is 0.340 e. The van der Waals surface area contributed by atoms with Gasteiger partial charge in [0.25, 0.3) is 12.0 Å². The lowest BCUT2D eigenvalue weighted by molar-refractivity contribution is -0.108. The van der Waals surface area contributed by atoms with Gasteiger partial charge in [-0.1, -0.05) is 48.8 Å². The van der Waals surface area contributed by atoms with Crippen molar-refractivity contribution in [1.82, 2.24) is 29.7 Å². The van der Waals surface area contributed by atoms with Crippen molar-refractivity contribution in [1.29, 1.82) is 0 Å². The van der Waals surface area contributed by atoms with E-state index in [0.29, 0.717) is 83.3 Å². The fraction of sp³-hybridized carbons (Fsp3) is 0.472. The number of rotatable bonds is 7.